The lowest BCUT2D eigenvalue weighted by Crippen LogP contribution is -2.32. The van der Waals surface area contributed by atoms with Gasteiger partial charge in [-0.1, -0.05) is 0 Å². The monoisotopic (exact) mass is 235 g/mol. The van der Waals surface area contributed by atoms with Crippen molar-refractivity contribution in [2.45, 2.75) is 12.5 Å². The van der Waals surface area contributed by atoms with E-state index in [1.807, 2.05) is 0 Å². The number of hydrogen-bond donors (Lipinski definition) is 3. The van der Waals surface area contributed by atoms with Gasteiger partial charge in [-0.3, -0.25) is 4.79 Å². The van der Waals surface area contributed by atoms with E-state index in [0.29, 0.717) is 0 Å². The summed E-state index contributed by atoms with van der Waals surface area (Å²) in [7, 11) is 0. The number of nitrogens with two attached hydrogens (primary N) is 1. The number of phenolic OH excluding ortho intramolecular Hbond substituents is 1. The molecule has 1 atom stereocenters. The normalized spacial score (nSPS) is 11.6. The van der Waals surface area contributed by atoms with Crippen LogP contribution in [0.3, 0.4) is 0 Å². The van der Waals surface area contributed by atoms with Crippen LogP contribution in [0.4, 0.5) is 4.39 Å². The van der Waals surface area contributed by atoms with Crippen LogP contribution in [0.1, 0.15) is 5.56 Å². The Morgan fingerprint density at radius 3 is 2.67 bits per heavy atom. The Morgan fingerprint density at radius 2 is 2.13 bits per heavy atom. The van der Waals surface area contributed by atoms with Crippen LogP contribution in [0.25, 0.3) is 0 Å². The zero-order valence-corrected chi connectivity index (χ0v) is 8.50. The minimum absolute atomic E-state index is 0. The molecular weight excluding hydrogens is 225 g/mol. The molecule has 0 unspecified atom stereocenters. The molecule has 0 radical (unpaired) electrons. The van der Waals surface area contributed by atoms with E-state index < -0.39 is 17.8 Å². The summed E-state index contributed by atoms with van der Waals surface area (Å²) >= 11 is 0. The SMILES string of the molecule is Cl.N[C@H](Cc1cc(O)ccc1F)C(=O)O. The number of aliphatic carboxylic acids is 1. The number of phenols is 1. The third-order valence-electron chi connectivity index (χ3n) is 1.79. The standard InChI is InChI=1S/C9H10FNO3.ClH/c10-7-2-1-6(12)3-5(7)4-8(11)9(13)14;/h1-3,8,12H,4,11H2,(H,13,14);1H/t8-;/m1./s1. The van der Waals surface area contributed by atoms with Gasteiger partial charge in [0.05, 0.1) is 0 Å². The number of carboxylic acid groups (broad SMARTS) is 1. The number of rotatable bonds is 3. The third-order valence-corrected chi connectivity index (χ3v) is 1.79. The maximum absolute atomic E-state index is 13.0. The highest BCUT2D eigenvalue weighted by Gasteiger charge is 2.14. The van der Waals surface area contributed by atoms with Crippen LogP contribution < -0.4 is 5.73 Å². The molecule has 1 aromatic rings. The first-order valence-corrected chi connectivity index (χ1v) is 3.96. The van der Waals surface area contributed by atoms with Gasteiger partial charge < -0.3 is 15.9 Å². The fraction of sp³-hybridized carbons (Fsp3) is 0.222. The predicted molar refractivity (Wildman–Crippen MR) is 54.6 cm³/mol. The quantitative estimate of drug-likeness (QED) is 0.727. The highest BCUT2D eigenvalue weighted by molar-refractivity contribution is 5.85. The number of benzene rings is 1. The molecule has 0 aliphatic rings. The first kappa shape index (κ1) is 13.7. The summed E-state index contributed by atoms with van der Waals surface area (Å²) in [6.45, 7) is 0. The second kappa shape index (κ2) is 5.53. The molecule has 1 rings (SSSR count). The molecule has 1 aromatic carbocycles. The Hall–Kier alpha value is -1.33. The molecule has 0 saturated carbocycles. The van der Waals surface area contributed by atoms with Gasteiger partial charge in [-0.2, -0.15) is 0 Å². The Morgan fingerprint density at radius 1 is 1.53 bits per heavy atom. The molecule has 0 amide bonds. The second-order valence-corrected chi connectivity index (χ2v) is 2.92. The molecule has 0 aliphatic carbocycles. The topological polar surface area (TPSA) is 83.5 Å². The van der Waals surface area contributed by atoms with Crippen molar-refractivity contribution in [2.75, 3.05) is 0 Å². The van der Waals surface area contributed by atoms with E-state index in [0.717, 1.165) is 12.1 Å². The molecule has 0 aromatic heterocycles. The number of aromatic hydroxyl groups is 1. The van der Waals surface area contributed by atoms with Crippen LogP contribution in [-0.4, -0.2) is 22.2 Å². The van der Waals surface area contributed by atoms with E-state index in [1.54, 1.807) is 0 Å². The van der Waals surface area contributed by atoms with E-state index in [4.69, 9.17) is 15.9 Å². The van der Waals surface area contributed by atoms with E-state index >= 15 is 0 Å². The molecule has 84 valence electrons. The second-order valence-electron chi connectivity index (χ2n) is 2.92. The lowest BCUT2D eigenvalue weighted by atomic mass is 10.1. The van der Waals surface area contributed by atoms with Crippen molar-refractivity contribution in [3.05, 3.63) is 29.6 Å². The minimum atomic E-state index is -1.20. The van der Waals surface area contributed by atoms with Gasteiger partial charge in [0, 0.05) is 6.42 Å². The van der Waals surface area contributed by atoms with Crippen molar-refractivity contribution in [1.82, 2.24) is 0 Å². The molecule has 4 nitrogen and oxygen atoms in total. The van der Waals surface area contributed by atoms with E-state index in [1.165, 1.54) is 6.07 Å². The Balaban J connectivity index is 0.00000196. The van der Waals surface area contributed by atoms with Crippen molar-refractivity contribution in [2.24, 2.45) is 5.73 Å². The minimum Gasteiger partial charge on any atom is -0.508 e. The van der Waals surface area contributed by atoms with Crippen molar-refractivity contribution in [3.63, 3.8) is 0 Å². The maximum Gasteiger partial charge on any atom is 0.320 e. The molecule has 0 bridgehead atoms. The molecule has 0 saturated heterocycles. The van der Waals surface area contributed by atoms with Crippen molar-refractivity contribution in [1.29, 1.82) is 0 Å². The Kier molecular flexibility index (Phi) is 5.04. The van der Waals surface area contributed by atoms with Gasteiger partial charge in [-0.25, -0.2) is 4.39 Å². The third kappa shape index (κ3) is 3.73. The molecular formula is C9H11ClFNO3. The van der Waals surface area contributed by atoms with Crippen LogP contribution in [0, 0.1) is 5.82 Å². The van der Waals surface area contributed by atoms with Crippen molar-refractivity contribution in [3.8, 4) is 5.75 Å². The molecule has 0 heterocycles. The molecule has 0 spiro atoms. The summed E-state index contributed by atoms with van der Waals surface area (Å²) in [5, 5.41) is 17.5. The van der Waals surface area contributed by atoms with Gasteiger partial charge in [0.25, 0.3) is 0 Å². The summed E-state index contributed by atoms with van der Waals surface area (Å²) in [5.41, 5.74) is 5.32. The first-order chi connectivity index (χ1) is 6.50. The number of halogens is 2. The molecule has 6 heteroatoms. The highest BCUT2D eigenvalue weighted by atomic mass is 35.5. The van der Waals surface area contributed by atoms with Gasteiger partial charge in [0.1, 0.15) is 17.6 Å². The zero-order chi connectivity index (χ0) is 10.7. The Bertz CT molecular complexity index is 359. The summed E-state index contributed by atoms with van der Waals surface area (Å²) in [6, 6.07) is 2.26. The Labute approximate surface area is 91.9 Å². The fourth-order valence-electron chi connectivity index (χ4n) is 1.04. The summed E-state index contributed by atoms with van der Waals surface area (Å²) in [5.74, 6) is -1.88. The van der Waals surface area contributed by atoms with Crippen LogP contribution in [-0.2, 0) is 11.2 Å². The van der Waals surface area contributed by atoms with Crippen LogP contribution >= 0.6 is 12.4 Å². The highest BCUT2D eigenvalue weighted by Crippen LogP contribution is 2.16. The summed E-state index contributed by atoms with van der Waals surface area (Å²) in [6.07, 6.45) is -0.143. The van der Waals surface area contributed by atoms with E-state index in [9.17, 15) is 9.18 Å². The predicted octanol–water partition coefficient (Wildman–Crippen LogP) is 0.908. The van der Waals surface area contributed by atoms with Crippen LogP contribution in [0.15, 0.2) is 18.2 Å². The first-order valence-electron chi connectivity index (χ1n) is 3.96. The lowest BCUT2D eigenvalue weighted by molar-refractivity contribution is -0.138. The van der Waals surface area contributed by atoms with Crippen molar-refractivity contribution < 1.29 is 19.4 Å². The van der Waals surface area contributed by atoms with E-state index in [2.05, 4.69) is 0 Å². The average molecular weight is 236 g/mol. The number of hydrogen-bond acceptors (Lipinski definition) is 3. The van der Waals surface area contributed by atoms with Gasteiger partial charge >= 0.3 is 5.97 Å². The van der Waals surface area contributed by atoms with Crippen LogP contribution in [0.2, 0.25) is 0 Å². The molecule has 15 heavy (non-hydrogen) atoms. The maximum atomic E-state index is 13.0. The molecule has 0 fully saturated rings. The van der Waals surface area contributed by atoms with Gasteiger partial charge in [0.2, 0.25) is 0 Å². The molecule has 0 aliphatic heterocycles. The average Bonchev–Trinajstić information content (AvgIpc) is 2.11. The smallest absolute Gasteiger partial charge is 0.320 e. The fourth-order valence-corrected chi connectivity index (χ4v) is 1.04. The molecule has 4 N–H and O–H groups in total. The van der Waals surface area contributed by atoms with Crippen LogP contribution in [0.5, 0.6) is 5.75 Å². The number of carbonyl (C=O) groups is 1. The zero-order valence-electron chi connectivity index (χ0n) is 7.68. The largest absolute Gasteiger partial charge is 0.508 e. The van der Waals surface area contributed by atoms with Gasteiger partial charge in [-0.05, 0) is 23.8 Å². The lowest BCUT2D eigenvalue weighted by Gasteiger charge is -2.07. The van der Waals surface area contributed by atoms with E-state index in [-0.39, 0.29) is 30.1 Å². The van der Waals surface area contributed by atoms with Crippen molar-refractivity contribution >= 4 is 18.4 Å². The van der Waals surface area contributed by atoms with Gasteiger partial charge in [0.15, 0.2) is 0 Å². The summed E-state index contributed by atoms with van der Waals surface area (Å²) in [4.78, 5) is 10.4. The number of carboxylic acids is 1. The van der Waals surface area contributed by atoms with Gasteiger partial charge in [-0.15, -0.1) is 12.4 Å². The summed E-state index contributed by atoms with van der Waals surface area (Å²) < 4.78 is 13.0.